The van der Waals surface area contributed by atoms with Crippen molar-refractivity contribution in [3.63, 3.8) is 0 Å². The van der Waals surface area contributed by atoms with E-state index in [2.05, 4.69) is 15.0 Å². The molecule has 3 rings (SSSR count). The molecule has 0 aliphatic rings. The third-order valence-electron chi connectivity index (χ3n) is 4.74. The van der Waals surface area contributed by atoms with Crippen molar-refractivity contribution in [3.8, 4) is 11.8 Å². The van der Waals surface area contributed by atoms with Gasteiger partial charge in [-0.1, -0.05) is 23.7 Å². The predicted octanol–water partition coefficient (Wildman–Crippen LogP) is 4.14. The summed E-state index contributed by atoms with van der Waals surface area (Å²) in [5, 5.41) is 17.0. The molecule has 1 N–H and O–H groups in total. The summed E-state index contributed by atoms with van der Waals surface area (Å²) in [6.07, 6.45) is 4.75. The van der Waals surface area contributed by atoms with Crippen LogP contribution in [0, 0.1) is 25.2 Å². The van der Waals surface area contributed by atoms with Crippen LogP contribution < -0.4 is 5.32 Å². The van der Waals surface area contributed by atoms with Gasteiger partial charge in [0.25, 0.3) is 5.91 Å². The second kappa shape index (κ2) is 9.44. The molecular weight excluding hydrogens is 402 g/mol. The maximum atomic E-state index is 12.6. The molecule has 0 bridgehead atoms. The lowest BCUT2D eigenvalue weighted by Gasteiger charge is -2.08. The van der Waals surface area contributed by atoms with Crippen LogP contribution in [0.1, 0.15) is 17.0 Å². The fourth-order valence-electron chi connectivity index (χ4n) is 3.16. The number of carbonyl (C=O) groups is 1. The van der Waals surface area contributed by atoms with Crippen molar-refractivity contribution < 1.29 is 9.53 Å². The summed E-state index contributed by atoms with van der Waals surface area (Å²) in [6.45, 7) is 5.22. The molecule has 0 unspecified atom stereocenters. The molecule has 0 saturated heterocycles. The Balaban J connectivity index is 1.80. The summed E-state index contributed by atoms with van der Waals surface area (Å²) >= 11 is 6.19. The van der Waals surface area contributed by atoms with Gasteiger partial charge in [0.1, 0.15) is 11.6 Å². The Hall–Kier alpha value is -3.34. The monoisotopic (exact) mass is 423 g/mol. The molecule has 0 radical (unpaired) electrons. The minimum absolute atomic E-state index is 0.00693. The summed E-state index contributed by atoms with van der Waals surface area (Å²) in [4.78, 5) is 12.6. The van der Waals surface area contributed by atoms with Gasteiger partial charge in [-0.2, -0.15) is 10.4 Å². The number of aromatic nitrogens is 3. The van der Waals surface area contributed by atoms with E-state index in [4.69, 9.17) is 16.3 Å². The second-order valence-electron chi connectivity index (χ2n) is 6.72. The number of para-hydroxylation sites is 1. The van der Waals surface area contributed by atoms with Gasteiger partial charge in [-0.15, -0.1) is 0 Å². The first kappa shape index (κ1) is 21.4. The third-order valence-corrected chi connectivity index (χ3v) is 5.06. The van der Waals surface area contributed by atoms with Crippen LogP contribution in [0.5, 0.6) is 0 Å². The average Bonchev–Trinajstić information content (AvgIpc) is 3.29. The Kier molecular flexibility index (Phi) is 6.72. The van der Waals surface area contributed by atoms with E-state index < -0.39 is 5.91 Å². The number of aryl methyl sites for hydroxylation is 1. The van der Waals surface area contributed by atoms with Crippen molar-refractivity contribution in [1.82, 2.24) is 14.3 Å². The van der Waals surface area contributed by atoms with Gasteiger partial charge in [0.2, 0.25) is 0 Å². The first-order chi connectivity index (χ1) is 14.4. The normalized spacial score (nSPS) is 11.4. The van der Waals surface area contributed by atoms with Crippen LogP contribution in [0.15, 0.2) is 48.3 Å². The van der Waals surface area contributed by atoms with E-state index in [-0.39, 0.29) is 5.57 Å². The Morgan fingerprint density at radius 1 is 1.37 bits per heavy atom. The molecule has 0 aliphatic heterocycles. The summed E-state index contributed by atoms with van der Waals surface area (Å²) in [5.74, 6) is -0.502. The number of amides is 1. The zero-order valence-electron chi connectivity index (χ0n) is 17.0. The van der Waals surface area contributed by atoms with Crippen molar-refractivity contribution in [2.45, 2.75) is 20.4 Å². The molecule has 2 aromatic heterocycles. The van der Waals surface area contributed by atoms with E-state index in [0.717, 1.165) is 17.0 Å². The molecule has 2 heterocycles. The van der Waals surface area contributed by atoms with Gasteiger partial charge < -0.3 is 14.6 Å². The van der Waals surface area contributed by atoms with E-state index in [1.54, 1.807) is 30.1 Å². The third kappa shape index (κ3) is 4.62. The van der Waals surface area contributed by atoms with Gasteiger partial charge in [0.05, 0.1) is 35.4 Å². The van der Waals surface area contributed by atoms with E-state index in [1.807, 2.05) is 44.2 Å². The highest BCUT2D eigenvalue weighted by Gasteiger charge is 2.14. The van der Waals surface area contributed by atoms with E-state index >= 15 is 0 Å². The number of carbonyl (C=O) groups excluding carboxylic acids is 1. The molecular formula is C22H22ClN5O2. The minimum Gasteiger partial charge on any atom is -0.383 e. The Morgan fingerprint density at radius 2 is 2.13 bits per heavy atom. The smallest absolute Gasteiger partial charge is 0.266 e. The van der Waals surface area contributed by atoms with Crippen molar-refractivity contribution in [1.29, 1.82) is 5.26 Å². The number of rotatable bonds is 7. The van der Waals surface area contributed by atoms with Crippen LogP contribution in [-0.4, -0.2) is 34.0 Å². The van der Waals surface area contributed by atoms with Gasteiger partial charge in [-0.05, 0) is 43.7 Å². The topological polar surface area (TPSA) is 84.9 Å². The van der Waals surface area contributed by atoms with Gasteiger partial charge in [-0.25, -0.2) is 4.68 Å². The molecule has 1 aromatic carbocycles. The van der Waals surface area contributed by atoms with Crippen molar-refractivity contribution >= 4 is 29.3 Å². The second-order valence-corrected chi connectivity index (χ2v) is 7.13. The standard InChI is InChI=1S/C22H22ClN5O2/c1-15-10-17(16(2)27(15)8-9-30-3)11-18(12-24)22(29)26-19-13-25-28(14-19)21-7-5-4-6-20(21)23/h4-7,10-11,13-14H,8-9H2,1-3H3,(H,26,29)/b18-11-. The molecule has 154 valence electrons. The van der Waals surface area contributed by atoms with E-state index in [1.165, 1.54) is 6.20 Å². The largest absolute Gasteiger partial charge is 0.383 e. The molecule has 7 nitrogen and oxygen atoms in total. The first-order valence-corrected chi connectivity index (χ1v) is 9.70. The summed E-state index contributed by atoms with van der Waals surface area (Å²) in [5.41, 5.74) is 3.99. The number of anilines is 1. The molecule has 1 amide bonds. The van der Waals surface area contributed by atoms with Crippen LogP contribution >= 0.6 is 11.6 Å². The highest BCUT2D eigenvalue weighted by Crippen LogP contribution is 2.22. The van der Waals surface area contributed by atoms with Crippen LogP contribution in [0.2, 0.25) is 5.02 Å². The number of methoxy groups -OCH3 is 1. The molecule has 0 fully saturated rings. The molecule has 3 aromatic rings. The predicted molar refractivity (Wildman–Crippen MR) is 117 cm³/mol. The molecule has 0 saturated carbocycles. The molecule has 0 aliphatic carbocycles. The Morgan fingerprint density at radius 3 is 2.83 bits per heavy atom. The number of nitrogens with zero attached hydrogens (tertiary/aromatic N) is 4. The Bertz CT molecular complexity index is 1140. The number of hydrogen-bond donors (Lipinski definition) is 1. The Labute approximate surface area is 180 Å². The minimum atomic E-state index is -0.502. The number of halogens is 1. The van der Waals surface area contributed by atoms with Gasteiger partial charge in [0.15, 0.2) is 0 Å². The van der Waals surface area contributed by atoms with E-state index in [9.17, 15) is 10.1 Å². The van der Waals surface area contributed by atoms with E-state index in [0.29, 0.717) is 29.5 Å². The zero-order chi connectivity index (χ0) is 21.7. The number of nitrogens with one attached hydrogen (secondary N) is 1. The maximum Gasteiger partial charge on any atom is 0.266 e. The van der Waals surface area contributed by atoms with Gasteiger partial charge >= 0.3 is 0 Å². The highest BCUT2D eigenvalue weighted by molar-refractivity contribution is 6.32. The lowest BCUT2D eigenvalue weighted by Crippen LogP contribution is -2.13. The van der Waals surface area contributed by atoms with Crippen LogP contribution in [-0.2, 0) is 16.1 Å². The number of benzene rings is 1. The maximum absolute atomic E-state index is 12.6. The molecule has 0 spiro atoms. The number of ether oxygens (including phenoxy) is 1. The molecule has 8 heteroatoms. The lowest BCUT2D eigenvalue weighted by atomic mass is 10.1. The van der Waals surface area contributed by atoms with Crippen molar-refractivity contribution in [2.75, 3.05) is 19.0 Å². The number of hydrogen-bond acceptors (Lipinski definition) is 4. The fraction of sp³-hybridized carbons (Fsp3) is 0.227. The zero-order valence-corrected chi connectivity index (χ0v) is 17.8. The quantitative estimate of drug-likeness (QED) is 0.457. The fourth-order valence-corrected chi connectivity index (χ4v) is 3.38. The summed E-state index contributed by atoms with van der Waals surface area (Å²) in [7, 11) is 1.65. The first-order valence-electron chi connectivity index (χ1n) is 9.33. The lowest BCUT2D eigenvalue weighted by molar-refractivity contribution is -0.112. The van der Waals surface area contributed by atoms with Crippen LogP contribution in [0.4, 0.5) is 5.69 Å². The van der Waals surface area contributed by atoms with Crippen LogP contribution in [0.3, 0.4) is 0 Å². The van der Waals surface area contributed by atoms with Gasteiger partial charge in [-0.3, -0.25) is 4.79 Å². The number of nitriles is 1. The molecule has 30 heavy (non-hydrogen) atoms. The van der Waals surface area contributed by atoms with Crippen LogP contribution in [0.25, 0.3) is 11.8 Å². The van der Waals surface area contributed by atoms with Crippen molar-refractivity contribution in [2.24, 2.45) is 0 Å². The van der Waals surface area contributed by atoms with Gasteiger partial charge in [0, 0.05) is 25.0 Å². The molecule has 0 atom stereocenters. The average molecular weight is 424 g/mol. The SMILES string of the molecule is COCCn1c(C)cc(/C=C(/C#N)C(=O)Nc2cnn(-c3ccccc3Cl)c2)c1C. The summed E-state index contributed by atoms with van der Waals surface area (Å²) < 4.78 is 8.80. The van der Waals surface area contributed by atoms with Crippen molar-refractivity contribution in [3.05, 3.63) is 70.3 Å². The summed E-state index contributed by atoms with van der Waals surface area (Å²) in [6, 6.07) is 11.2. The highest BCUT2D eigenvalue weighted by atomic mass is 35.5.